The lowest BCUT2D eigenvalue weighted by Crippen LogP contribution is -2.29. The van der Waals surface area contributed by atoms with E-state index in [0.717, 1.165) is 18.4 Å². The second-order valence-corrected chi connectivity index (χ2v) is 8.46. The van der Waals surface area contributed by atoms with Crippen molar-refractivity contribution in [3.05, 3.63) is 70.3 Å². The number of carbonyl (C=O) groups excluding carboxylic acids is 1. The van der Waals surface area contributed by atoms with Gasteiger partial charge in [0.15, 0.2) is 0 Å². The van der Waals surface area contributed by atoms with Crippen molar-refractivity contribution in [3.63, 3.8) is 0 Å². The molecule has 4 rings (SSSR count). The van der Waals surface area contributed by atoms with Crippen molar-refractivity contribution in [2.75, 3.05) is 11.9 Å². The number of carbonyl (C=O) groups is 1. The van der Waals surface area contributed by atoms with E-state index in [1.807, 2.05) is 37.3 Å². The highest BCUT2D eigenvalue weighted by molar-refractivity contribution is 7.98. The third kappa shape index (κ3) is 4.65. The maximum absolute atomic E-state index is 12.9. The summed E-state index contributed by atoms with van der Waals surface area (Å²) in [5.41, 5.74) is 2.14. The molecule has 1 aromatic carbocycles. The average molecular weight is 459 g/mol. The molecule has 3 heterocycles. The first-order valence-electron chi connectivity index (χ1n) is 10.1. The quantitative estimate of drug-likeness (QED) is 0.273. The molecule has 0 amide bonds. The Morgan fingerprint density at radius 3 is 2.90 bits per heavy atom. The van der Waals surface area contributed by atoms with Gasteiger partial charge in [0, 0.05) is 16.5 Å². The molecule has 1 unspecified atom stereocenters. The Morgan fingerprint density at radius 1 is 1.32 bits per heavy atom. The van der Waals surface area contributed by atoms with Crippen LogP contribution in [0.4, 0.5) is 5.95 Å². The molecule has 0 radical (unpaired) electrons. The summed E-state index contributed by atoms with van der Waals surface area (Å²) in [5.74, 6) is 1.39. The molecule has 0 saturated heterocycles. The van der Waals surface area contributed by atoms with E-state index >= 15 is 0 Å². The second kappa shape index (κ2) is 9.62. The molecule has 0 spiro atoms. The van der Waals surface area contributed by atoms with Crippen molar-refractivity contribution in [2.24, 2.45) is 0 Å². The lowest BCUT2D eigenvalue weighted by atomic mass is 10.0. The number of fused-ring (bicyclic) bond motifs is 1. The van der Waals surface area contributed by atoms with E-state index in [1.54, 1.807) is 17.0 Å². The fraction of sp³-hybridized carbons (Fsp3) is 0.318. The number of unbranched alkanes of at least 4 members (excludes halogenated alkanes) is 1. The molecule has 162 valence electrons. The highest BCUT2D eigenvalue weighted by Gasteiger charge is 2.36. The standard InChI is InChI=1S/C22H23ClN4O3S/c1-3-4-11-30-20(28)18-14(2)24-21-25-22(31-13-15-8-5-6-9-16(15)23)26-27(21)19(18)17-10-7-12-29-17/h5-10,12,19H,3-4,11,13H2,1-2H3,(H,24,25,26). The summed E-state index contributed by atoms with van der Waals surface area (Å²) in [6.45, 7) is 4.26. The van der Waals surface area contributed by atoms with E-state index in [1.165, 1.54) is 11.8 Å². The SMILES string of the molecule is CCCCOC(=O)C1=C(C)Nc2nc(SCc3ccccc3Cl)nn2C1c1ccco1. The molecule has 1 aliphatic heterocycles. The number of nitrogens with zero attached hydrogens (tertiary/aromatic N) is 3. The van der Waals surface area contributed by atoms with Gasteiger partial charge in [0.2, 0.25) is 11.1 Å². The number of halogens is 1. The molecule has 0 fully saturated rings. The molecule has 1 atom stereocenters. The molecular formula is C22H23ClN4O3S. The Kier molecular flexibility index (Phi) is 6.67. The molecule has 1 N–H and O–H groups in total. The third-order valence-electron chi connectivity index (χ3n) is 4.91. The number of ether oxygens (including phenoxy) is 1. The first kappa shape index (κ1) is 21.5. The first-order valence-corrected chi connectivity index (χ1v) is 11.5. The topological polar surface area (TPSA) is 82.2 Å². The molecule has 0 bridgehead atoms. The summed E-state index contributed by atoms with van der Waals surface area (Å²) in [6, 6.07) is 10.7. The van der Waals surface area contributed by atoms with Crippen LogP contribution in [-0.4, -0.2) is 27.3 Å². The van der Waals surface area contributed by atoms with Gasteiger partial charge in [-0.05, 0) is 37.1 Å². The van der Waals surface area contributed by atoms with Gasteiger partial charge in [-0.25, -0.2) is 9.48 Å². The number of rotatable bonds is 8. The first-order chi connectivity index (χ1) is 15.1. The monoisotopic (exact) mass is 458 g/mol. The van der Waals surface area contributed by atoms with Gasteiger partial charge in [0.25, 0.3) is 0 Å². The summed E-state index contributed by atoms with van der Waals surface area (Å²) < 4.78 is 12.8. The highest BCUT2D eigenvalue weighted by Crippen LogP contribution is 2.37. The predicted octanol–water partition coefficient (Wildman–Crippen LogP) is 5.45. The number of anilines is 1. The van der Waals surface area contributed by atoms with E-state index in [-0.39, 0.29) is 5.97 Å². The summed E-state index contributed by atoms with van der Waals surface area (Å²) >= 11 is 7.74. The van der Waals surface area contributed by atoms with Crippen molar-refractivity contribution in [3.8, 4) is 0 Å². The lowest BCUT2D eigenvalue weighted by Gasteiger charge is -2.26. The molecule has 0 aliphatic carbocycles. The minimum atomic E-state index is -0.553. The normalized spacial score (nSPS) is 15.5. The van der Waals surface area contributed by atoms with Crippen LogP contribution in [0.2, 0.25) is 5.02 Å². The van der Waals surface area contributed by atoms with E-state index in [0.29, 0.717) is 45.5 Å². The second-order valence-electron chi connectivity index (χ2n) is 7.11. The minimum Gasteiger partial charge on any atom is -0.467 e. The van der Waals surface area contributed by atoms with Gasteiger partial charge in [-0.1, -0.05) is 54.9 Å². The number of thioether (sulfide) groups is 1. The molecule has 1 aliphatic rings. The fourth-order valence-electron chi connectivity index (χ4n) is 3.31. The van der Waals surface area contributed by atoms with Gasteiger partial charge < -0.3 is 14.5 Å². The van der Waals surface area contributed by atoms with Crippen LogP contribution >= 0.6 is 23.4 Å². The lowest BCUT2D eigenvalue weighted by molar-refractivity contribution is -0.139. The van der Waals surface area contributed by atoms with Gasteiger partial charge in [-0.15, -0.1) is 5.10 Å². The summed E-state index contributed by atoms with van der Waals surface area (Å²) in [6.07, 6.45) is 3.34. The Balaban J connectivity index is 1.62. The van der Waals surface area contributed by atoms with Crippen LogP contribution in [0.1, 0.15) is 44.1 Å². The molecule has 2 aromatic heterocycles. The van der Waals surface area contributed by atoms with Crippen molar-refractivity contribution in [1.82, 2.24) is 14.8 Å². The summed E-state index contributed by atoms with van der Waals surface area (Å²) in [5, 5.41) is 9.13. The summed E-state index contributed by atoms with van der Waals surface area (Å²) in [7, 11) is 0. The van der Waals surface area contributed by atoms with Gasteiger partial charge in [-0.2, -0.15) is 4.98 Å². The molecule has 7 nitrogen and oxygen atoms in total. The molecule has 31 heavy (non-hydrogen) atoms. The number of benzene rings is 1. The van der Waals surface area contributed by atoms with E-state index in [9.17, 15) is 4.79 Å². The van der Waals surface area contributed by atoms with Crippen LogP contribution < -0.4 is 5.32 Å². The Labute approximate surface area is 189 Å². The van der Waals surface area contributed by atoms with Crippen molar-refractivity contribution in [2.45, 2.75) is 43.6 Å². The fourth-order valence-corrected chi connectivity index (χ4v) is 4.43. The maximum Gasteiger partial charge on any atom is 0.338 e. The predicted molar refractivity (Wildman–Crippen MR) is 120 cm³/mol. The van der Waals surface area contributed by atoms with Crippen LogP contribution in [0, 0.1) is 0 Å². The maximum atomic E-state index is 12.9. The van der Waals surface area contributed by atoms with E-state index < -0.39 is 6.04 Å². The van der Waals surface area contributed by atoms with Crippen LogP contribution in [-0.2, 0) is 15.3 Å². The number of nitrogens with one attached hydrogen (secondary N) is 1. The molecular weight excluding hydrogens is 436 g/mol. The van der Waals surface area contributed by atoms with Gasteiger partial charge in [-0.3, -0.25) is 0 Å². The zero-order valence-electron chi connectivity index (χ0n) is 17.3. The summed E-state index contributed by atoms with van der Waals surface area (Å²) in [4.78, 5) is 17.5. The number of hydrogen-bond donors (Lipinski definition) is 1. The van der Waals surface area contributed by atoms with E-state index in [4.69, 9.17) is 20.8 Å². The molecule has 3 aromatic rings. The van der Waals surface area contributed by atoms with E-state index in [2.05, 4.69) is 22.3 Å². The van der Waals surface area contributed by atoms with Gasteiger partial charge in [0.05, 0.1) is 18.4 Å². The Hall–Kier alpha value is -2.71. The zero-order chi connectivity index (χ0) is 21.8. The highest BCUT2D eigenvalue weighted by atomic mass is 35.5. The minimum absolute atomic E-state index is 0.375. The van der Waals surface area contributed by atoms with Gasteiger partial charge >= 0.3 is 5.97 Å². The number of hydrogen-bond acceptors (Lipinski definition) is 7. The van der Waals surface area contributed by atoms with Crippen molar-refractivity contribution >= 4 is 35.3 Å². The molecule has 9 heteroatoms. The van der Waals surface area contributed by atoms with Crippen molar-refractivity contribution in [1.29, 1.82) is 0 Å². The Morgan fingerprint density at radius 2 is 2.16 bits per heavy atom. The third-order valence-corrected chi connectivity index (χ3v) is 6.17. The average Bonchev–Trinajstić information content (AvgIpc) is 3.42. The van der Waals surface area contributed by atoms with Crippen molar-refractivity contribution < 1.29 is 13.9 Å². The number of aromatic nitrogens is 3. The smallest absolute Gasteiger partial charge is 0.338 e. The number of furan rings is 1. The van der Waals surface area contributed by atoms with Gasteiger partial charge in [0.1, 0.15) is 11.8 Å². The van der Waals surface area contributed by atoms with Crippen LogP contribution in [0.5, 0.6) is 0 Å². The number of allylic oxidation sites excluding steroid dienone is 1. The van der Waals surface area contributed by atoms with Crippen LogP contribution in [0.15, 0.2) is 63.5 Å². The van der Waals surface area contributed by atoms with Crippen LogP contribution in [0.25, 0.3) is 0 Å². The van der Waals surface area contributed by atoms with Crippen LogP contribution in [0.3, 0.4) is 0 Å². The molecule has 0 saturated carbocycles. The largest absolute Gasteiger partial charge is 0.467 e. The zero-order valence-corrected chi connectivity index (χ0v) is 18.9. The number of esters is 1. The Bertz CT molecular complexity index is 1090.